The number of benzene rings is 2. The topological polar surface area (TPSA) is 58.6 Å². The van der Waals surface area contributed by atoms with Crippen molar-refractivity contribution in [2.24, 2.45) is 0 Å². The Morgan fingerprint density at radius 3 is 2.38 bits per heavy atom. The lowest BCUT2D eigenvalue weighted by atomic mass is 10.1. The van der Waals surface area contributed by atoms with E-state index in [0.29, 0.717) is 6.42 Å². The molecule has 0 heterocycles. The molecule has 128 valence electrons. The highest BCUT2D eigenvalue weighted by molar-refractivity contribution is 5.81. The second-order valence-corrected chi connectivity index (χ2v) is 5.23. The van der Waals surface area contributed by atoms with Crippen LogP contribution in [0.2, 0.25) is 0 Å². The van der Waals surface area contributed by atoms with Crippen LogP contribution in [-0.2, 0) is 4.79 Å². The SMILES string of the molecule is CCC(Oc1ccccc1F)C(=O)NCC(O)c1ccccc1F. The molecule has 4 nitrogen and oxygen atoms in total. The van der Waals surface area contributed by atoms with E-state index < -0.39 is 29.7 Å². The molecule has 2 aromatic rings. The fourth-order valence-corrected chi connectivity index (χ4v) is 2.18. The van der Waals surface area contributed by atoms with E-state index in [1.165, 1.54) is 36.4 Å². The molecule has 0 saturated heterocycles. The maximum Gasteiger partial charge on any atom is 0.261 e. The lowest BCUT2D eigenvalue weighted by Crippen LogP contribution is -2.40. The number of hydrogen-bond acceptors (Lipinski definition) is 3. The number of aliphatic hydroxyl groups excluding tert-OH is 1. The third kappa shape index (κ3) is 4.52. The first-order valence-corrected chi connectivity index (χ1v) is 7.64. The van der Waals surface area contributed by atoms with Crippen LogP contribution >= 0.6 is 0 Å². The van der Waals surface area contributed by atoms with Gasteiger partial charge in [0.15, 0.2) is 17.7 Å². The zero-order chi connectivity index (χ0) is 17.5. The van der Waals surface area contributed by atoms with Gasteiger partial charge < -0.3 is 15.2 Å². The molecule has 0 aliphatic rings. The first-order valence-electron chi connectivity index (χ1n) is 7.64. The molecule has 2 unspecified atom stereocenters. The van der Waals surface area contributed by atoms with E-state index in [0.717, 1.165) is 0 Å². The molecular formula is C18H19F2NO3. The molecule has 0 aromatic heterocycles. The van der Waals surface area contributed by atoms with Crippen LogP contribution in [0.4, 0.5) is 8.78 Å². The smallest absolute Gasteiger partial charge is 0.261 e. The third-order valence-corrected chi connectivity index (χ3v) is 3.50. The van der Waals surface area contributed by atoms with Gasteiger partial charge in [-0.05, 0) is 24.6 Å². The highest BCUT2D eigenvalue weighted by atomic mass is 19.1. The summed E-state index contributed by atoms with van der Waals surface area (Å²) in [6.45, 7) is 1.55. The number of aliphatic hydroxyl groups is 1. The zero-order valence-corrected chi connectivity index (χ0v) is 13.2. The van der Waals surface area contributed by atoms with Crippen LogP contribution in [0.5, 0.6) is 5.75 Å². The number of nitrogens with one attached hydrogen (secondary N) is 1. The zero-order valence-electron chi connectivity index (χ0n) is 13.2. The lowest BCUT2D eigenvalue weighted by Gasteiger charge is -2.19. The quantitative estimate of drug-likeness (QED) is 0.818. The molecule has 6 heteroatoms. The molecule has 0 radical (unpaired) electrons. The highest BCUT2D eigenvalue weighted by Gasteiger charge is 2.21. The summed E-state index contributed by atoms with van der Waals surface area (Å²) in [5.74, 6) is -1.63. The molecule has 0 spiro atoms. The van der Waals surface area contributed by atoms with E-state index in [1.54, 1.807) is 19.1 Å². The van der Waals surface area contributed by atoms with Crippen molar-refractivity contribution in [3.05, 3.63) is 65.7 Å². The molecule has 2 aromatic carbocycles. The average Bonchev–Trinajstić information content (AvgIpc) is 2.59. The van der Waals surface area contributed by atoms with E-state index >= 15 is 0 Å². The van der Waals surface area contributed by atoms with Gasteiger partial charge in [0.25, 0.3) is 5.91 Å². The second kappa shape index (κ2) is 8.40. The summed E-state index contributed by atoms with van der Waals surface area (Å²) >= 11 is 0. The molecule has 2 N–H and O–H groups in total. The van der Waals surface area contributed by atoms with Gasteiger partial charge in [-0.3, -0.25) is 4.79 Å². The van der Waals surface area contributed by atoms with Gasteiger partial charge in [-0.25, -0.2) is 8.78 Å². The Balaban J connectivity index is 1.95. The van der Waals surface area contributed by atoms with Crippen molar-refractivity contribution in [1.82, 2.24) is 5.32 Å². The normalized spacial score (nSPS) is 13.2. The minimum Gasteiger partial charge on any atom is -0.478 e. The van der Waals surface area contributed by atoms with Crippen LogP contribution in [0.1, 0.15) is 25.0 Å². The third-order valence-electron chi connectivity index (χ3n) is 3.50. The van der Waals surface area contributed by atoms with E-state index in [-0.39, 0.29) is 17.9 Å². The Bertz CT molecular complexity index is 693. The van der Waals surface area contributed by atoms with Gasteiger partial charge >= 0.3 is 0 Å². The highest BCUT2D eigenvalue weighted by Crippen LogP contribution is 2.19. The van der Waals surface area contributed by atoms with Crippen molar-refractivity contribution in [3.63, 3.8) is 0 Å². The first-order chi connectivity index (χ1) is 11.5. The number of ether oxygens (including phenoxy) is 1. The van der Waals surface area contributed by atoms with Gasteiger partial charge in [-0.1, -0.05) is 37.3 Å². The maximum atomic E-state index is 13.6. The fourth-order valence-electron chi connectivity index (χ4n) is 2.18. The number of halogens is 2. The number of para-hydroxylation sites is 1. The number of carbonyl (C=O) groups excluding carboxylic acids is 1. The van der Waals surface area contributed by atoms with Crippen molar-refractivity contribution >= 4 is 5.91 Å². The monoisotopic (exact) mass is 335 g/mol. The van der Waals surface area contributed by atoms with Gasteiger partial charge in [0, 0.05) is 12.1 Å². The standard InChI is InChI=1S/C18H19F2NO3/c1-2-16(24-17-10-6-5-9-14(17)20)18(23)21-11-15(22)12-7-3-4-8-13(12)19/h3-10,15-16,22H,2,11H2,1H3,(H,21,23). The predicted octanol–water partition coefficient (Wildman–Crippen LogP) is 2.97. The Morgan fingerprint density at radius 2 is 1.75 bits per heavy atom. The number of carbonyl (C=O) groups is 1. The van der Waals surface area contributed by atoms with Crippen LogP contribution < -0.4 is 10.1 Å². The molecule has 24 heavy (non-hydrogen) atoms. The Labute approximate surface area is 139 Å². The summed E-state index contributed by atoms with van der Waals surface area (Å²) in [7, 11) is 0. The second-order valence-electron chi connectivity index (χ2n) is 5.23. The predicted molar refractivity (Wildman–Crippen MR) is 85.5 cm³/mol. The minimum absolute atomic E-state index is 0.0193. The molecular weight excluding hydrogens is 316 g/mol. The summed E-state index contributed by atoms with van der Waals surface area (Å²) in [4.78, 5) is 12.1. The first kappa shape index (κ1) is 17.9. The number of amides is 1. The van der Waals surface area contributed by atoms with Crippen molar-refractivity contribution < 1.29 is 23.4 Å². The summed E-state index contributed by atoms with van der Waals surface area (Å²) in [6.07, 6.45) is -1.77. The van der Waals surface area contributed by atoms with Crippen LogP contribution in [0.15, 0.2) is 48.5 Å². The van der Waals surface area contributed by atoms with E-state index in [1.807, 2.05) is 0 Å². The summed E-state index contributed by atoms with van der Waals surface area (Å²) in [5, 5.41) is 12.5. The van der Waals surface area contributed by atoms with Crippen molar-refractivity contribution in [2.45, 2.75) is 25.6 Å². The van der Waals surface area contributed by atoms with Gasteiger partial charge in [-0.15, -0.1) is 0 Å². The van der Waals surface area contributed by atoms with E-state index in [4.69, 9.17) is 4.74 Å². The minimum atomic E-state index is -1.18. The van der Waals surface area contributed by atoms with Crippen molar-refractivity contribution in [3.8, 4) is 5.75 Å². The van der Waals surface area contributed by atoms with Gasteiger partial charge in [0.1, 0.15) is 5.82 Å². The van der Waals surface area contributed by atoms with Gasteiger partial charge in [0.2, 0.25) is 0 Å². The average molecular weight is 335 g/mol. The Morgan fingerprint density at radius 1 is 1.12 bits per heavy atom. The lowest BCUT2D eigenvalue weighted by molar-refractivity contribution is -0.128. The largest absolute Gasteiger partial charge is 0.478 e. The van der Waals surface area contributed by atoms with Crippen LogP contribution in [0, 0.1) is 11.6 Å². The van der Waals surface area contributed by atoms with E-state index in [2.05, 4.69) is 5.32 Å². The molecule has 0 bridgehead atoms. The molecule has 2 atom stereocenters. The van der Waals surface area contributed by atoms with Crippen LogP contribution in [0.25, 0.3) is 0 Å². The summed E-state index contributed by atoms with van der Waals surface area (Å²) < 4.78 is 32.5. The molecule has 0 fully saturated rings. The maximum absolute atomic E-state index is 13.6. The molecule has 0 aliphatic carbocycles. The summed E-state index contributed by atoms with van der Waals surface area (Å²) in [5.41, 5.74) is 0.0980. The van der Waals surface area contributed by atoms with Crippen molar-refractivity contribution in [2.75, 3.05) is 6.54 Å². The number of hydrogen-bond donors (Lipinski definition) is 2. The molecule has 0 aliphatic heterocycles. The Kier molecular flexibility index (Phi) is 6.26. The van der Waals surface area contributed by atoms with Crippen molar-refractivity contribution in [1.29, 1.82) is 0 Å². The molecule has 2 rings (SSSR count). The fraction of sp³-hybridized carbons (Fsp3) is 0.278. The Hall–Kier alpha value is -2.47. The number of rotatable bonds is 7. The van der Waals surface area contributed by atoms with Gasteiger partial charge in [0.05, 0.1) is 6.10 Å². The van der Waals surface area contributed by atoms with E-state index in [9.17, 15) is 18.7 Å². The van der Waals surface area contributed by atoms with Crippen LogP contribution in [0.3, 0.4) is 0 Å². The molecule has 0 saturated carbocycles. The van der Waals surface area contributed by atoms with Crippen LogP contribution in [-0.4, -0.2) is 23.7 Å². The van der Waals surface area contributed by atoms with Gasteiger partial charge in [-0.2, -0.15) is 0 Å². The summed E-state index contributed by atoms with van der Waals surface area (Å²) in [6, 6.07) is 11.6. The molecule has 1 amide bonds.